The van der Waals surface area contributed by atoms with E-state index in [0.29, 0.717) is 0 Å². The molecule has 0 fully saturated rings. The van der Waals surface area contributed by atoms with Gasteiger partial charge in [0.05, 0.1) is 5.56 Å². The summed E-state index contributed by atoms with van der Waals surface area (Å²) in [6, 6.07) is 0.984. The summed E-state index contributed by atoms with van der Waals surface area (Å²) in [5.74, 6) is 0. The van der Waals surface area contributed by atoms with Gasteiger partial charge in [0.1, 0.15) is 6.07 Å². The van der Waals surface area contributed by atoms with Crippen molar-refractivity contribution in [3.8, 4) is 6.07 Å². The zero-order valence-corrected chi connectivity index (χ0v) is 8.86. The second kappa shape index (κ2) is 4.31. The van der Waals surface area contributed by atoms with Gasteiger partial charge in [0.2, 0.25) is 5.60 Å². The molecule has 0 aromatic carbocycles. The SMILES string of the molecule is CC(N)C(O)(c1cncc(C#N)c1)C(F)(F)F. The minimum Gasteiger partial charge on any atom is -0.375 e. The van der Waals surface area contributed by atoms with Crippen molar-refractivity contribution in [1.29, 1.82) is 5.26 Å². The highest BCUT2D eigenvalue weighted by molar-refractivity contribution is 5.33. The predicted molar refractivity (Wildman–Crippen MR) is 52.6 cm³/mol. The number of nitriles is 1. The van der Waals surface area contributed by atoms with Crippen molar-refractivity contribution >= 4 is 0 Å². The number of hydrogen-bond acceptors (Lipinski definition) is 4. The van der Waals surface area contributed by atoms with Gasteiger partial charge >= 0.3 is 6.18 Å². The van der Waals surface area contributed by atoms with Crippen molar-refractivity contribution in [3.05, 3.63) is 29.6 Å². The van der Waals surface area contributed by atoms with E-state index in [1.54, 1.807) is 6.07 Å². The summed E-state index contributed by atoms with van der Waals surface area (Å²) >= 11 is 0. The molecular weight excluding hydrogens is 235 g/mol. The molecule has 2 atom stereocenters. The van der Waals surface area contributed by atoms with Gasteiger partial charge in [-0.1, -0.05) is 0 Å². The van der Waals surface area contributed by atoms with E-state index >= 15 is 0 Å². The summed E-state index contributed by atoms with van der Waals surface area (Å²) in [5, 5.41) is 18.3. The average molecular weight is 245 g/mol. The van der Waals surface area contributed by atoms with Gasteiger partial charge in [0, 0.05) is 24.0 Å². The van der Waals surface area contributed by atoms with E-state index in [1.165, 1.54) is 0 Å². The van der Waals surface area contributed by atoms with Crippen LogP contribution in [0.5, 0.6) is 0 Å². The van der Waals surface area contributed by atoms with Gasteiger partial charge in [-0.3, -0.25) is 4.98 Å². The van der Waals surface area contributed by atoms with E-state index < -0.39 is 23.4 Å². The van der Waals surface area contributed by atoms with Gasteiger partial charge < -0.3 is 10.8 Å². The molecule has 17 heavy (non-hydrogen) atoms. The Bertz CT molecular complexity index is 453. The summed E-state index contributed by atoms with van der Waals surface area (Å²) in [6.45, 7) is 1.03. The number of aromatic nitrogens is 1. The molecule has 0 saturated carbocycles. The van der Waals surface area contributed by atoms with Crippen molar-refractivity contribution < 1.29 is 18.3 Å². The van der Waals surface area contributed by atoms with Crippen LogP contribution in [0.25, 0.3) is 0 Å². The van der Waals surface area contributed by atoms with Gasteiger partial charge in [0.25, 0.3) is 0 Å². The fourth-order valence-corrected chi connectivity index (χ4v) is 1.39. The van der Waals surface area contributed by atoms with Crippen LogP contribution in [0.4, 0.5) is 13.2 Å². The van der Waals surface area contributed by atoms with Gasteiger partial charge in [-0.05, 0) is 13.0 Å². The van der Waals surface area contributed by atoms with Crippen LogP contribution in [0.3, 0.4) is 0 Å². The van der Waals surface area contributed by atoms with E-state index in [2.05, 4.69) is 4.98 Å². The van der Waals surface area contributed by atoms with Gasteiger partial charge in [-0.15, -0.1) is 0 Å². The second-order valence-corrected chi connectivity index (χ2v) is 3.63. The molecule has 0 aliphatic carbocycles. The molecule has 0 bridgehead atoms. The minimum atomic E-state index is -4.95. The van der Waals surface area contributed by atoms with Crippen LogP contribution in [-0.2, 0) is 5.60 Å². The van der Waals surface area contributed by atoms with E-state index in [1.807, 2.05) is 0 Å². The third-order valence-corrected chi connectivity index (χ3v) is 2.40. The molecule has 0 saturated heterocycles. The lowest BCUT2D eigenvalue weighted by molar-refractivity contribution is -0.273. The quantitative estimate of drug-likeness (QED) is 0.815. The summed E-state index contributed by atoms with van der Waals surface area (Å²) < 4.78 is 38.5. The molecule has 3 N–H and O–H groups in total. The Hall–Kier alpha value is -1.65. The molecule has 0 radical (unpaired) electrons. The Morgan fingerprint density at radius 3 is 2.47 bits per heavy atom. The number of aliphatic hydroxyl groups is 1. The highest BCUT2D eigenvalue weighted by Crippen LogP contribution is 2.40. The molecule has 1 aromatic rings. The molecule has 7 heteroatoms. The molecule has 1 aromatic heterocycles. The first kappa shape index (κ1) is 13.4. The molecule has 0 aliphatic rings. The van der Waals surface area contributed by atoms with Crippen molar-refractivity contribution in [2.75, 3.05) is 0 Å². The van der Waals surface area contributed by atoms with Crippen LogP contribution in [-0.4, -0.2) is 22.3 Å². The molecule has 0 spiro atoms. The van der Waals surface area contributed by atoms with Crippen LogP contribution >= 0.6 is 0 Å². The monoisotopic (exact) mass is 245 g/mol. The summed E-state index contributed by atoms with van der Waals surface area (Å²) in [7, 11) is 0. The fraction of sp³-hybridized carbons (Fsp3) is 0.400. The van der Waals surface area contributed by atoms with Crippen molar-refractivity contribution in [3.63, 3.8) is 0 Å². The number of pyridine rings is 1. The second-order valence-electron chi connectivity index (χ2n) is 3.63. The van der Waals surface area contributed by atoms with Crippen molar-refractivity contribution in [2.24, 2.45) is 5.73 Å². The van der Waals surface area contributed by atoms with E-state index in [4.69, 9.17) is 11.0 Å². The summed E-state index contributed by atoms with van der Waals surface area (Å²) in [6.07, 6.45) is -3.00. The molecule has 92 valence electrons. The smallest absolute Gasteiger partial charge is 0.375 e. The first-order valence-electron chi connectivity index (χ1n) is 4.63. The van der Waals surface area contributed by atoms with Crippen molar-refractivity contribution in [2.45, 2.75) is 24.7 Å². The molecule has 1 heterocycles. The maximum Gasteiger partial charge on any atom is 0.423 e. The third-order valence-electron chi connectivity index (χ3n) is 2.40. The molecule has 0 aliphatic heterocycles. The van der Waals surface area contributed by atoms with Crippen LogP contribution in [0.2, 0.25) is 0 Å². The van der Waals surface area contributed by atoms with Gasteiger partial charge in [-0.2, -0.15) is 18.4 Å². The lowest BCUT2D eigenvalue weighted by atomic mass is 9.87. The average Bonchev–Trinajstić information content (AvgIpc) is 2.26. The van der Waals surface area contributed by atoms with Crippen molar-refractivity contribution in [1.82, 2.24) is 4.98 Å². The molecule has 1 rings (SSSR count). The molecule has 4 nitrogen and oxygen atoms in total. The molecular formula is C10H10F3N3O. The lowest BCUT2D eigenvalue weighted by Crippen LogP contribution is -2.54. The van der Waals surface area contributed by atoms with E-state index in [0.717, 1.165) is 25.4 Å². The van der Waals surface area contributed by atoms with Crippen LogP contribution in [0.1, 0.15) is 18.1 Å². The zero-order chi connectivity index (χ0) is 13.3. The Morgan fingerprint density at radius 1 is 1.47 bits per heavy atom. The number of rotatable bonds is 2. The van der Waals surface area contributed by atoms with Crippen LogP contribution in [0.15, 0.2) is 18.5 Å². The highest BCUT2D eigenvalue weighted by Gasteiger charge is 2.57. The third kappa shape index (κ3) is 2.23. The normalized spacial score (nSPS) is 17.0. The largest absolute Gasteiger partial charge is 0.423 e. The van der Waals surface area contributed by atoms with Crippen LogP contribution < -0.4 is 5.73 Å². The number of nitrogens with two attached hydrogens (primary N) is 1. The number of halogens is 3. The maximum atomic E-state index is 12.8. The number of nitrogens with zero attached hydrogens (tertiary/aromatic N) is 2. The Morgan fingerprint density at radius 2 is 2.06 bits per heavy atom. The van der Waals surface area contributed by atoms with E-state index in [-0.39, 0.29) is 5.56 Å². The fourth-order valence-electron chi connectivity index (χ4n) is 1.39. The number of alkyl halides is 3. The topological polar surface area (TPSA) is 82.9 Å². The standard InChI is InChI=1S/C10H10F3N3O/c1-6(15)9(17,10(11,12)13)8-2-7(3-14)4-16-5-8/h2,4-6,17H,15H2,1H3. The lowest BCUT2D eigenvalue weighted by Gasteiger charge is -2.33. The Kier molecular flexibility index (Phi) is 3.40. The predicted octanol–water partition coefficient (Wildman–Crippen LogP) is 1.05. The maximum absolute atomic E-state index is 12.8. The van der Waals surface area contributed by atoms with Gasteiger partial charge in [-0.25, -0.2) is 0 Å². The molecule has 0 amide bonds. The summed E-state index contributed by atoms with van der Waals surface area (Å²) in [5.41, 5.74) is 1.36. The number of hydrogen-bond donors (Lipinski definition) is 2. The molecule has 2 unspecified atom stereocenters. The first-order chi connectivity index (χ1) is 7.73. The Labute approximate surface area is 95.5 Å². The highest BCUT2D eigenvalue weighted by atomic mass is 19.4. The van der Waals surface area contributed by atoms with Crippen LogP contribution in [0, 0.1) is 11.3 Å². The van der Waals surface area contributed by atoms with E-state index in [9.17, 15) is 18.3 Å². The zero-order valence-electron chi connectivity index (χ0n) is 8.86. The summed E-state index contributed by atoms with van der Waals surface area (Å²) in [4.78, 5) is 3.48. The van der Waals surface area contributed by atoms with Gasteiger partial charge in [0.15, 0.2) is 0 Å². The minimum absolute atomic E-state index is 0.0779. The first-order valence-corrected chi connectivity index (χ1v) is 4.63. The Balaban J connectivity index is 3.39.